The maximum absolute atomic E-state index is 13.7. The van der Waals surface area contributed by atoms with Crippen molar-refractivity contribution >= 4 is 38.4 Å². The van der Waals surface area contributed by atoms with Crippen LogP contribution in [0.1, 0.15) is 12.8 Å². The van der Waals surface area contributed by atoms with E-state index in [1.54, 1.807) is 0 Å². The van der Waals surface area contributed by atoms with Crippen molar-refractivity contribution in [2.24, 2.45) is 5.73 Å². The zero-order valence-electron chi connectivity index (χ0n) is 10.4. The first kappa shape index (κ1) is 17.8. The van der Waals surface area contributed by atoms with Gasteiger partial charge in [0, 0.05) is 25.2 Å². The number of nitrogens with zero attached hydrogens (tertiary/aromatic N) is 1. The molecule has 1 aromatic carbocycles. The fourth-order valence-corrected chi connectivity index (χ4v) is 4.46. The van der Waals surface area contributed by atoms with E-state index in [1.807, 2.05) is 0 Å². The van der Waals surface area contributed by atoms with E-state index < -0.39 is 26.6 Å². The molecule has 1 saturated heterocycles. The Morgan fingerprint density at radius 2 is 2.00 bits per heavy atom. The summed E-state index contributed by atoms with van der Waals surface area (Å²) in [6.07, 6.45) is 1.34. The second-order valence-corrected chi connectivity index (χ2v) is 7.06. The highest BCUT2D eigenvalue weighted by atomic mass is 79.9. The van der Waals surface area contributed by atoms with E-state index in [4.69, 9.17) is 5.73 Å². The highest BCUT2D eigenvalue weighted by Gasteiger charge is 2.36. The van der Waals surface area contributed by atoms with Gasteiger partial charge in [-0.25, -0.2) is 17.2 Å². The summed E-state index contributed by atoms with van der Waals surface area (Å²) in [7, 11) is -3.99. The normalized spacial score (nSPS) is 19.9. The van der Waals surface area contributed by atoms with Gasteiger partial charge in [0.25, 0.3) is 0 Å². The van der Waals surface area contributed by atoms with Crippen molar-refractivity contribution in [3.8, 4) is 0 Å². The number of sulfonamides is 1. The summed E-state index contributed by atoms with van der Waals surface area (Å²) >= 11 is 2.86. The van der Waals surface area contributed by atoms with E-state index in [2.05, 4.69) is 15.9 Å². The Hall–Kier alpha value is -0.280. The molecule has 4 nitrogen and oxygen atoms in total. The largest absolute Gasteiger partial charge is 0.329 e. The van der Waals surface area contributed by atoms with Gasteiger partial charge in [-0.05, 0) is 34.8 Å². The summed E-state index contributed by atoms with van der Waals surface area (Å²) in [5.41, 5.74) is 5.52. The Kier molecular flexibility index (Phi) is 5.91. The molecule has 0 radical (unpaired) electrons. The molecule has 2 rings (SSSR count). The Balaban J connectivity index is 0.00000200. The van der Waals surface area contributed by atoms with Gasteiger partial charge < -0.3 is 5.73 Å². The van der Waals surface area contributed by atoms with Crippen molar-refractivity contribution < 1.29 is 17.2 Å². The van der Waals surface area contributed by atoms with Crippen molar-refractivity contribution in [1.82, 2.24) is 4.31 Å². The Morgan fingerprint density at radius 3 is 2.60 bits per heavy atom. The van der Waals surface area contributed by atoms with Gasteiger partial charge in [0.2, 0.25) is 10.0 Å². The lowest BCUT2D eigenvalue weighted by Gasteiger charge is -2.23. The average molecular weight is 392 g/mol. The highest BCUT2D eigenvalue weighted by molar-refractivity contribution is 9.10. The van der Waals surface area contributed by atoms with Crippen molar-refractivity contribution in [1.29, 1.82) is 0 Å². The first-order chi connectivity index (χ1) is 8.87. The van der Waals surface area contributed by atoms with Crippen LogP contribution in [-0.2, 0) is 10.0 Å². The average Bonchev–Trinajstić information content (AvgIpc) is 2.82. The lowest BCUT2D eigenvalue weighted by atomic mass is 10.2. The monoisotopic (exact) mass is 390 g/mol. The van der Waals surface area contributed by atoms with Crippen LogP contribution in [0, 0.1) is 11.6 Å². The van der Waals surface area contributed by atoms with Crippen molar-refractivity contribution in [2.75, 3.05) is 13.1 Å². The maximum atomic E-state index is 13.7. The molecule has 114 valence electrons. The molecule has 1 aliphatic heterocycles. The van der Waals surface area contributed by atoms with Crippen LogP contribution in [0.3, 0.4) is 0 Å². The van der Waals surface area contributed by atoms with Crippen molar-refractivity contribution in [2.45, 2.75) is 23.8 Å². The third-order valence-electron chi connectivity index (χ3n) is 3.16. The number of hydrogen-bond acceptors (Lipinski definition) is 3. The smallest absolute Gasteiger partial charge is 0.246 e. The van der Waals surface area contributed by atoms with E-state index in [-0.39, 0.29) is 29.5 Å². The van der Waals surface area contributed by atoms with Crippen LogP contribution in [0.4, 0.5) is 8.78 Å². The van der Waals surface area contributed by atoms with Crippen LogP contribution in [0.25, 0.3) is 0 Å². The van der Waals surface area contributed by atoms with E-state index >= 15 is 0 Å². The predicted molar refractivity (Wildman–Crippen MR) is 77.3 cm³/mol. The molecule has 9 heteroatoms. The van der Waals surface area contributed by atoms with Crippen LogP contribution in [0.15, 0.2) is 21.5 Å². The first-order valence-electron chi connectivity index (χ1n) is 5.74. The van der Waals surface area contributed by atoms with Crippen LogP contribution in [-0.4, -0.2) is 31.9 Å². The minimum Gasteiger partial charge on any atom is -0.329 e. The number of benzene rings is 1. The van der Waals surface area contributed by atoms with Gasteiger partial charge in [-0.3, -0.25) is 0 Å². The van der Waals surface area contributed by atoms with Crippen LogP contribution >= 0.6 is 28.3 Å². The van der Waals surface area contributed by atoms with Crippen molar-refractivity contribution in [3.63, 3.8) is 0 Å². The van der Waals surface area contributed by atoms with Crippen molar-refractivity contribution in [3.05, 3.63) is 28.2 Å². The third kappa shape index (κ3) is 3.14. The molecule has 0 spiro atoms. The summed E-state index contributed by atoms with van der Waals surface area (Å²) in [6.45, 7) is 0.488. The van der Waals surface area contributed by atoms with Crippen LogP contribution in [0.2, 0.25) is 0 Å². The number of halogens is 4. The fraction of sp³-hybridized carbons (Fsp3) is 0.455. The summed E-state index contributed by atoms with van der Waals surface area (Å²) in [5.74, 6) is -1.93. The Labute approximate surface area is 130 Å². The van der Waals surface area contributed by atoms with Gasteiger partial charge in [-0.15, -0.1) is 12.4 Å². The van der Waals surface area contributed by atoms with E-state index in [9.17, 15) is 17.2 Å². The number of hydrogen-bond donors (Lipinski definition) is 1. The molecule has 0 aliphatic carbocycles. The molecule has 20 heavy (non-hydrogen) atoms. The molecule has 2 N–H and O–H groups in total. The number of nitrogens with two attached hydrogens (primary N) is 1. The van der Waals surface area contributed by atoms with E-state index in [0.717, 1.165) is 6.07 Å². The topological polar surface area (TPSA) is 63.4 Å². The zero-order chi connectivity index (χ0) is 14.2. The fourth-order valence-electron chi connectivity index (χ4n) is 2.19. The quantitative estimate of drug-likeness (QED) is 0.804. The molecule has 1 unspecified atom stereocenters. The van der Waals surface area contributed by atoms with Gasteiger partial charge in [0.05, 0.1) is 4.47 Å². The van der Waals surface area contributed by atoms with Gasteiger partial charge >= 0.3 is 0 Å². The third-order valence-corrected chi connectivity index (χ3v) is 5.73. The van der Waals surface area contributed by atoms with Gasteiger partial charge in [0.15, 0.2) is 0 Å². The standard InChI is InChI=1S/C11H13BrF2N2O2S.ClH/c12-8-4-11(10(14)5-9(8)13)19(17,18)16-3-1-2-7(16)6-15;/h4-5,7H,1-3,6,15H2;1H. The van der Waals surface area contributed by atoms with Crippen LogP contribution in [0.5, 0.6) is 0 Å². The lowest BCUT2D eigenvalue weighted by molar-refractivity contribution is 0.390. The molecular formula is C11H14BrClF2N2O2S. The van der Waals surface area contributed by atoms with Gasteiger partial charge in [-0.2, -0.15) is 4.31 Å². The molecule has 1 heterocycles. The predicted octanol–water partition coefficient (Wildman–Crippen LogP) is 2.26. The molecule has 0 saturated carbocycles. The second-order valence-electron chi connectivity index (χ2n) is 4.34. The molecule has 1 atom stereocenters. The second kappa shape index (κ2) is 6.65. The molecule has 1 aliphatic rings. The molecule has 1 aromatic rings. The molecule has 0 bridgehead atoms. The Morgan fingerprint density at radius 1 is 1.35 bits per heavy atom. The minimum absolute atomic E-state index is 0. The highest BCUT2D eigenvalue weighted by Crippen LogP contribution is 2.30. The summed E-state index contributed by atoms with van der Waals surface area (Å²) in [6, 6.07) is 1.18. The molecule has 0 amide bonds. The van der Waals surface area contributed by atoms with E-state index in [0.29, 0.717) is 25.5 Å². The molecule has 0 aromatic heterocycles. The Bertz CT molecular complexity index is 600. The molecular weight excluding hydrogens is 378 g/mol. The summed E-state index contributed by atoms with van der Waals surface area (Å²) in [5, 5.41) is 0. The maximum Gasteiger partial charge on any atom is 0.246 e. The summed E-state index contributed by atoms with van der Waals surface area (Å²) in [4.78, 5) is -0.527. The summed E-state index contributed by atoms with van der Waals surface area (Å²) < 4.78 is 52.7. The SMILES string of the molecule is Cl.NCC1CCCN1S(=O)(=O)c1cc(Br)c(F)cc1F. The lowest BCUT2D eigenvalue weighted by Crippen LogP contribution is -2.40. The first-order valence-corrected chi connectivity index (χ1v) is 7.97. The van der Waals surface area contributed by atoms with Gasteiger partial charge in [0.1, 0.15) is 16.5 Å². The van der Waals surface area contributed by atoms with Crippen LogP contribution < -0.4 is 5.73 Å². The zero-order valence-corrected chi connectivity index (χ0v) is 13.6. The minimum atomic E-state index is -3.99. The molecule has 1 fully saturated rings. The van der Waals surface area contributed by atoms with Gasteiger partial charge in [-0.1, -0.05) is 0 Å². The van der Waals surface area contributed by atoms with E-state index in [1.165, 1.54) is 4.31 Å². The number of rotatable bonds is 3.